The van der Waals surface area contributed by atoms with Crippen molar-refractivity contribution in [2.24, 2.45) is 0 Å². The summed E-state index contributed by atoms with van der Waals surface area (Å²) >= 11 is 0. The number of carbonyl (C=O) groups is 1. The van der Waals surface area contributed by atoms with Crippen LogP contribution in [-0.2, 0) is 17.8 Å². The highest BCUT2D eigenvalue weighted by molar-refractivity contribution is 5.80. The van der Waals surface area contributed by atoms with Crippen LogP contribution in [0.25, 0.3) is 0 Å². The third-order valence-electron chi connectivity index (χ3n) is 3.93. The van der Waals surface area contributed by atoms with Crippen LogP contribution in [0.15, 0.2) is 6.33 Å². The molecule has 0 aromatic carbocycles. The molecule has 0 radical (unpaired) electrons. The van der Waals surface area contributed by atoms with E-state index in [4.69, 9.17) is 0 Å². The summed E-state index contributed by atoms with van der Waals surface area (Å²) in [5, 5.41) is 4.17. The first-order valence-electron chi connectivity index (χ1n) is 7.37. The molecule has 0 saturated carbocycles. The molecule has 112 valence electrons. The summed E-state index contributed by atoms with van der Waals surface area (Å²) in [7, 11) is 4.22. The molecule has 1 unspecified atom stereocenters. The standard InChI is InChI=1S/C14H25N5O/c1-4-5-19-14(15-11-16-19)9-13(20)8-12-10-17(2)6-7-18(12)3/h11-12H,4-10H2,1-3H3. The quantitative estimate of drug-likeness (QED) is 0.756. The molecule has 1 aromatic heterocycles. The highest BCUT2D eigenvalue weighted by atomic mass is 16.1. The lowest BCUT2D eigenvalue weighted by atomic mass is 10.0. The van der Waals surface area contributed by atoms with Gasteiger partial charge in [-0.2, -0.15) is 5.10 Å². The van der Waals surface area contributed by atoms with Crippen molar-refractivity contribution in [2.75, 3.05) is 33.7 Å². The zero-order valence-electron chi connectivity index (χ0n) is 12.7. The third-order valence-corrected chi connectivity index (χ3v) is 3.93. The second kappa shape index (κ2) is 6.95. The normalized spacial score (nSPS) is 21.2. The highest BCUT2D eigenvalue weighted by Gasteiger charge is 2.24. The van der Waals surface area contributed by atoms with Crippen LogP contribution in [0.1, 0.15) is 25.6 Å². The van der Waals surface area contributed by atoms with Crippen molar-refractivity contribution in [3.63, 3.8) is 0 Å². The zero-order chi connectivity index (χ0) is 14.5. The van der Waals surface area contributed by atoms with Crippen molar-refractivity contribution < 1.29 is 4.79 Å². The van der Waals surface area contributed by atoms with Crippen molar-refractivity contribution in [3.8, 4) is 0 Å². The van der Waals surface area contributed by atoms with E-state index in [0.29, 0.717) is 18.9 Å². The third kappa shape index (κ3) is 3.86. The maximum absolute atomic E-state index is 12.3. The monoisotopic (exact) mass is 279 g/mol. The van der Waals surface area contributed by atoms with Crippen LogP contribution in [0.4, 0.5) is 0 Å². The number of aromatic nitrogens is 3. The molecule has 0 spiro atoms. The maximum Gasteiger partial charge on any atom is 0.142 e. The summed E-state index contributed by atoms with van der Waals surface area (Å²) in [5.41, 5.74) is 0. The first kappa shape index (κ1) is 15.1. The molecular formula is C14H25N5O. The first-order chi connectivity index (χ1) is 9.60. The van der Waals surface area contributed by atoms with Gasteiger partial charge in [0.1, 0.15) is 17.9 Å². The second-order valence-corrected chi connectivity index (χ2v) is 5.72. The lowest BCUT2D eigenvalue weighted by Crippen LogP contribution is -2.50. The predicted octanol–water partition coefficient (Wildman–Crippen LogP) is 0.436. The van der Waals surface area contributed by atoms with Gasteiger partial charge in [-0.3, -0.25) is 4.79 Å². The Kier molecular flexibility index (Phi) is 5.25. The fraction of sp³-hybridized carbons (Fsp3) is 0.786. The average molecular weight is 279 g/mol. The van der Waals surface area contributed by atoms with Gasteiger partial charge in [0.05, 0.1) is 6.42 Å². The number of rotatable bonds is 6. The van der Waals surface area contributed by atoms with Crippen LogP contribution in [0.2, 0.25) is 0 Å². The average Bonchev–Trinajstić information content (AvgIpc) is 2.82. The minimum atomic E-state index is 0.252. The Morgan fingerprint density at radius 3 is 2.95 bits per heavy atom. The molecule has 1 saturated heterocycles. The summed E-state index contributed by atoms with van der Waals surface area (Å²) < 4.78 is 1.84. The SMILES string of the molecule is CCCn1ncnc1CC(=O)CC1CN(C)CCN1C. The van der Waals surface area contributed by atoms with E-state index in [2.05, 4.69) is 40.9 Å². The van der Waals surface area contributed by atoms with Gasteiger partial charge in [0.15, 0.2) is 0 Å². The summed E-state index contributed by atoms with van der Waals surface area (Å²) in [6.07, 6.45) is 3.54. The van der Waals surface area contributed by atoms with Crippen LogP contribution in [-0.4, -0.2) is 70.1 Å². The van der Waals surface area contributed by atoms with Gasteiger partial charge in [0, 0.05) is 38.6 Å². The van der Waals surface area contributed by atoms with E-state index < -0.39 is 0 Å². The van der Waals surface area contributed by atoms with E-state index in [-0.39, 0.29) is 5.78 Å². The topological polar surface area (TPSA) is 54.3 Å². The summed E-state index contributed by atoms with van der Waals surface area (Å²) in [4.78, 5) is 21.0. The van der Waals surface area contributed by atoms with Gasteiger partial charge in [-0.25, -0.2) is 9.67 Å². The van der Waals surface area contributed by atoms with Crippen LogP contribution in [0.3, 0.4) is 0 Å². The van der Waals surface area contributed by atoms with E-state index in [1.807, 2.05) is 4.68 Å². The number of hydrogen-bond donors (Lipinski definition) is 0. The molecule has 2 heterocycles. The van der Waals surface area contributed by atoms with Crippen molar-refractivity contribution in [1.82, 2.24) is 24.6 Å². The molecule has 1 aromatic rings. The molecule has 1 fully saturated rings. The fourth-order valence-corrected chi connectivity index (χ4v) is 2.66. The number of hydrogen-bond acceptors (Lipinski definition) is 5. The van der Waals surface area contributed by atoms with Crippen LogP contribution >= 0.6 is 0 Å². The van der Waals surface area contributed by atoms with Gasteiger partial charge in [-0.05, 0) is 20.5 Å². The number of ketones is 1. The van der Waals surface area contributed by atoms with E-state index in [1.165, 1.54) is 0 Å². The number of Topliss-reactive ketones (excluding diaryl/α,β-unsaturated/α-hetero) is 1. The number of piperazine rings is 1. The van der Waals surface area contributed by atoms with E-state index in [9.17, 15) is 4.79 Å². The minimum Gasteiger partial charge on any atom is -0.304 e. The van der Waals surface area contributed by atoms with Gasteiger partial charge >= 0.3 is 0 Å². The Bertz CT molecular complexity index is 445. The summed E-state index contributed by atoms with van der Waals surface area (Å²) in [5.74, 6) is 1.05. The molecule has 1 atom stereocenters. The molecule has 1 aliphatic rings. The van der Waals surface area contributed by atoms with Crippen LogP contribution in [0, 0.1) is 0 Å². The number of likely N-dealkylation sites (N-methyl/N-ethyl adjacent to an activating group) is 2. The van der Waals surface area contributed by atoms with Crippen molar-refractivity contribution in [3.05, 3.63) is 12.2 Å². The van der Waals surface area contributed by atoms with Gasteiger partial charge in [0.2, 0.25) is 0 Å². The molecule has 0 aliphatic carbocycles. The second-order valence-electron chi connectivity index (χ2n) is 5.72. The van der Waals surface area contributed by atoms with E-state index in [0.717, 1.165) is 38.4 Å². The smallest absolute Gasteiger partial charge is 0.142 e. The van der Waals surface area contributed by atoms with Gasteiger partial charge in [0.25, 0.3) is 0 Å². The number of nitrogens with zero attached hydrogens (tertiary/aromatic N) is 5. The number of aryl methyl sites for hydroxylation is 1. The van der Waals surface area contributed by atoms with Crippen LogP contribution < -0.4 is 0 Å². The van der Waals surface area contributed by atoms with Crippen molar-refractivity contribution >= 4 is 5.78 Å². The predicted molar refractivity (Wildman–Crippen MR) is 77.6 cm³/mol. The molecular weight excluding hydrogens is 254 g/mol. The molecule has 0 bridgehead atoms. The molecule has 0 amide bonds. The molecule has 6 heteroatoms. The zero-order valence-corrected chi connectivity index (χ0v) is 12.7. The minimum absolute atomic E-state index is 0.252. The van der Waals surface area contributed by atoms with Crippen molar-refractivity contribution in [1.29, 1.82) is 0 Å². The molecule has 20 heavy (non-hydrogen) atoms. The largest absolute Gasteiger partial charge is 0.304 e. The maximum atomic E-state index is 12.3. The molecule has 0 N–H and O–H groups in total. The Balaban J connectivity index is 1.90. The Labute approximate surface area is 120 Å². The van der Waals surface area contributed by atoms with Crippen molar-refractivity contribution in [2.45, 2.75) is 38.8 Å². The lowest BCUT2D eigenvalue weighted by Gasteiger charge is -2.37. The molecule has 2 rings (SSSR count). The van der Waals surface area contributed by atoms with Gasteiger partial charge in [-0.15, -0.1) is 0 Å². The van der Waals surface area contributed by atoms with Gasteiger partial charge in [-0.1, -0.05) is 6.92 Å². The molecule has 1 aliphatic heterocycles. The first-order valence-corrected chi connectivity index (χ1v) is 7.37. The Morgan fingerprint density at radius 2 is 2.20 bits per heavy atom. The van der Waals surface area contributed by atoms with Crippen LogP contribution in [0.5, 0.6) is 0 Å². The summed E-state index contributed by atoms with van der Waals surface area (Å²) in [6, 6.07) is 0.323. The fourth-order valence-electron chi connectivity index (χ4n) is 2.66. The highest BCUT2D eigenvalue weighted by Crippen LogP contribution is 2.11. The van der Waals surface area contributed by atoms with E-state index in [1.54, 1.807) is 6.33 Å². The number of carbonyl (C=O) groups excluding carboxylic acids is 1. The molecule has 6 nitrogen and oxygen atoms in total. The van der Waals surface area contributed by atoms with Gasteiger partial charge < -0.3 is 9.80 Å². The van der Waals surface area contributed by atoms with E-state index >= 15 is 0 Å². The lowest BCUT2D eigenvalue weighted by molar-refractivity contribution is -0.120. The Hall–Kier alpha value is -1.27. The summed E-state index contributed by atoms with van der Waals surface area (Å²) in [6.45, 7) is 5.99. The Morgan fingerprint density at radius 1 is 1.40 bits per heavy atom.